The topological polar surface area (TPSA) is 73.8 Å². The van der Waals surface area contributed by atoms with Crippen molar-refractivity contribution < 1.29 is 37.9 Å². The Kier molecular flexibility index (Phi) is 22.9. The van der Waals surface area contributed by atoms with E-state index in [9.17, 15) is 0 Å². The zero-order valence-electron chi connectivity index (χ0n) is 50.9. The Morgan fingerprint density at radius 2 is 0.621 bits per heavy atom. The van der Waals surface area contributed by atoms with Gasteiger partial charge < -0.3 is 37.9 Å². The molecule has 0 atom stereocenters. The summed E-state index contributed by atoms with van der Waals surface area (Å²) in [6, 6.07) is 65.4. The van der Waals surface area contributed by atoms with Crippen LogP contribution in [0.3, 0.4) is 0 Å². The molecule has 444 valence electrons. The van der Waals surface area contributed by atoms with Crippen LogP contribution in [-0.2, 0) is 45.4 Å². The summed E-state index contributed by atoms with van der Waals surface area (Å²) >= 11 is 0. The van der Waals surface area contributed by atoms with Crippen molar-refractivity contribution in [3.05, 3.63) is 298 Å². The highest BCUT2D eigenvalue weighted by Gasteiger charge is 2.28. The number of aryl methyl sites for hydroxylation is 4. The molecule has 0 aliphatic carbocycles. The van der Waals surface area contributed by atoms with E-state index in [-0.39, 0.29) is 5.92 Å². The largest absolute Gasteiger partial charge is 0.491 e. The fourth-order valence-corrected chi connectivity index (χ4v) is 10.5. The predicted octanol–water partition coefficient (Wildman–Crippen LogP) is 18.4. The molecule has 8 nitrogen and oxygen atoms in total. The molecule has 0 heterocycles. The highest BCUT2D eigenvalue weighted by molar-refractivity contribution is 5.74. The standard InChI is InChI=1S/C79H80O8/c1-9-60-18-26-64(27-19-60)52-80-38-42-84-75-36-34-69(46-56(75)5)71-48-58(7)78(86-44-40-82-54-66-30-22-62(11-3)23-31-66)73(50-71)77(68-16-14-13-15-17-68)74-51-72(49-59(8)79(74)87-45-41-83-55-67-32-24-63(12-4)25-33-67)70-35-37-76(57(6)47-70)85-43-39-81-53-65-28-20-61(10-2)21-29-65/h9-37,46-51,77H,1-4,38-45,52-55H2,5-8H3. The first-order chi connectivity index (χ1) is 42.6. The summed E-state index contributed by atoms with van der Waals surface area (Å²) in [6.07, 6.45) is 7.36. The lowest BCUT2D eigenvalue weighted by Crippen LogP contribution is -2.14. The number of rotatable bonds is 33. The van der Waals surface area contributed by atoms with Crippen molar-refractivity contribution in [1.82, 2.24) is 0 Å². The van der Waals surface area contributed by atoms with Gasteiger partial charge in [-0.1, -0.05) is 190 Å². The fourth-order valence-electron chi connectivity index (χ4n) is 10.5. The number of ether oxygens (including phenoxy) is 8. The van der Waals surface area contributed by atoms with Gasteiger partial charge >= 0.3 is 0 Å². The fraction of sp³-hybridized carbons (Fsp3) is 0.215. The van der Waals surface area contributed by atoms with E-state index in [0.717, 1.165) is 129 Å². The van der Waals surface area contributed by atoms with Gasteiger partial charge in [0, 0.05) is 17.0 Å². The summed E-state index contributed by atoms with van der Waals surface area (Å²) in [5.41, 5.74) is 19.9. The van der Waals surface area contributed by atoms with Gasteiger partial charge in [-0.25, -0.2) is 0 Å². The van der Waals surface area contributed by atoms with Gasteiger partial charge in [0.2, 0.25) is 0 Å². The molecule has 8 heteroatoms. The van der Waals surface area contributed by atoms with Gasteiger partial charge in [-0.15, -0.1) is 0 Å². The molecule has 9 aromatic rings. The number of benzene rings is 9. The van der Waals surface area contributed by atoms with E-state index in [1.807, 2.05) is 48.6 Å². The molecule has 0 N–H and O–H groups in total. The predicted molar refractivity (Wildman–Crippen MR) is 357 cm³/mol. The molecule has 0 radical (unpaired) electrons. The summed E-state index contributed by atoms with van der Waals surface area (Å²) in [6.45, 7) is 29.1. The maximum absolute atomic E-state index is 7.00. The van der Waals surface area contributed by atoms with E-state index in [2.05, 4.69) is 218 Å². The van der Waals surface area contributed by atoms with Crippen LogP contribution in [0.4, 0.5) is 0 Å². The third-order valence-corrected chi connectivity index (χ3v) is 15.2. The maximum Gasteiger partial charge on any atom is 0.126 e. The summed E-state index contributed by atoms with van der Waals surface area (Å²) in [7, 11) is 0. The Morgan fingerprint density at radius 1 is 0.310 bits per heavy atom. The average molecular weight is 1160 g/mol. The van der Waals surface area contributed by atoms with Gasteiger partial charge in [-0.3, -0.25) is 0 Å². The SMILES string of the molecule is C=Cc1ccc(COCCOc2ccc(-c3cc(C)c(OCCOCc4ccc(C=C)cc4)c(C(c4ccccc4)c4cc(-c5ccc(OCCOCc6ccc(C=C)cc6)c(C)c5)cc(C)c4OCCOCc4ccc(C=C)cc4)c3)cc2C)cc1. The van der Waals surface area contributed by atoms with Crippen molar-refractivity contribution in [2.45, 2.75) is 60.0 Å². The normalized spacial score (nSPS) is 11.1. The first-order valence-electron chi connectivity index (χ1n) is 29.8. The summed E-state index contributed by atoms with van der Waals surface area (Å²) in [5.74, 6) is 2.82. The molecule has 0 bridgehead atoms. The first-order valence-corrected chi connectivity index (χ1v) is 29.8. The molecule has 9 rings (SSSR count). The minimum absolute atomic E-state index is 0.329. The van der Waals surface area contributed by atoms with E-state index >= 15 is 0 Å². The molecule has 0 aromatic heterocycles. The van der Waals surface area contributed by atoms with Crippen LogP contribution in [0.25, 0.3) is 46.6 Å². The van der Waals surface area contributed by atoms with Crippen molar-refractivity contribution in [3.8, 4) is 45.3 Å². The minimum Gasteiger partial charge on any atom is -0.491 e. The van der Waals surface area contributed by atoms with Crippen LogP contribution >= 0.6 is 0 Å². The first kappa shape index (κ1) is 62.5. The number of hydrogen-bond acceptors (Lipinski definition) is 8. The highest BCUT2D eigenvalue weighted by Crippen LogP contribution is 2.47. The third-order valence-electron chi connectivity index (χ3n) is 15.2. The number of hydrogen-bond donors (Lipinski definition) is 0. The van der Waals surface area contributed by atoms with Crippen molar-refractivity contribution in [2.75, 3.05) is 52.9 Å². The van der Waals surface area contributed by atoms with Crippen LogP contribution in [0.5, 0.6) is 23.0 Å². The minimum atomic E-state index is -0.366. The van der Waals surface area contributed by atoms with E-state index in [4.69, 9.17) is 37.9 Å². The lowest BCUT2D eigenvalue weighted by atomic mass is 9.80. The molecular formula is C79H80O8. The molecular weight excluding hydrogens is 1080 g/mol. The molecule has 9 aromatic carbocycles. The molecule has 0 saturated carbocycles. The van der Waals surface area contributed by atoms with Crippen molar-refractivity contribution in [3.63, 3.8) is 0 Å². The Morgan fingerprint density at radius 3 is 0.931 bits per heavy atom. The van der Waals surface area contributed by atoms with Gasteiger partial charge in [-0.05, 0) is 171 Å². The molecule has 0 unspecified atom stereocenters. The monoisotopic (exact) mass is 1160 g/mol. The summed E-state index contributed by atoms with van der Waals surface area (Å²) < 4.78 is 51.2. The molecule has 0 amide bonds. The highest BCUT2D eigenvalue weighted by atomic mass is 16.5. The van der Waals surface area contributed by atoms with Crippen molar-refractivity contribution in [2.24, 2.45) is 0 Å². The van der Waals surface area contributed by atoms with E-state index < -0.39 is 0 Å². The second kappa shape index (κ2) is 31.9. The van der Waals surface area contributed by atoms with Crippen molar-refractivity contribution in [1.29, 1.82) is 0 Å². The van der Waals surface area contributed by atoms with Crippen LogP contribution in [-0.4, -0.2) is 52.9 Å². The lowest BCUT2D eigenvalue weighted by Gasteiger charge is -2.28. The van der Waals surface area contributed by atoms with E-state index in [1.165, 1.54) is 0 Å². The zero-order chi connectivity index (χ0) is 60.7. The second-order valence-corrected chi connectivity index (χ2v) is 21.6. The van der Waals surface area contributed by atoms with E-state index in [0.29, 0.717) is 79.3 Å². The lowest BCUT2D eigenvalue weighted by molar-refractivity contribution is 0.0879. The van der Waals surface area contributed by atoms with Gasteiger partial charge in [0.1, 0.15) is 49.4 Å². The quantitative estimate of drug-likeness (QED) is 0.0298. The molecule has 0 fully saturated rings. The van der Waals surface area contributed by atoms with E-state index in [1.54, 1.807) is 0 Å². The van der Waals surface area contributed by atoms with Gasteiger partial charge in [-0.2, -0.15) is 0 Å². The van der Waals surface area contributed by atoms with Crippen LogP contribution in [0.2, 0.25) is 0 Å². The zero-order valence-corrected chi connectivity index (χ0v) is 50.9. The molecule has 0 aliphatic rings. The Hall–Kier alpha value is -9.02. The van der Waals surface area contributed by atoms with Crippen molar-refractivity contribution >= 4 is 24.3 Å². The third kappa shape index (κ3) is 17.6. The van der Waals surface area contributed by atoms with Crippen LogP contribution < -0.4 is 18.9 Å². The van der Waals surface area contributed by atoms with Gasteiger partial charge in [0.15, 0.2) is 0 Å². The molecule has 0 aliphatic heterocycles. The Balaban J connectivity index is 1.04. The maximum atomic E-state index is 7.00. The van der Waals surface area contributed by atoms with Crippen LogP contribution in [0.15, 0.2) is 214 Å². The molecule has 87 heavy (non-hydrogen) atoms. The molecule has 0 saturated heterocycles. The average Bonchev–Trinajstić information content (AvgIpc) is 1.49. The molecule has 0 spiro atoms. The summed E-state index contributed by atoms with van der Waals surface area (Å²) in [4.78, 5) is 0. The van der Waals surface area contributed by atoms with Crippen LogP contribution in [0.1, 0.15) is 89.4 Å². The van der Waals surface area contributed by atoms with Crippen LogP contribution in [0, 0.1) is 27.7 Å². The van der Waals surface area contributed by atoms with Gasteiger partial charge in [0.05, 0.1) is 52.9 Å². The summed E-state index contributed by atoms with van der Waals surface area (Å²) in [5, 5.41) is 0. The second-order valence-electron chi connectivity index (χ2n) is 21.6. The Bertz CT molecular complexity index is 3470. The van der Waals surface area contributed by atoms with Gasteiger partial charge in [0.25, 0.3) is 0 Å². The Labute approximate surface area is 515 Å². The smallest absolute Gasteiger partial charge is 0.126 e.